The topological polar surface area (TPSA) is 83.8 Å². The molecule has 0 amide bonds. The fraction of sp³-hybridized carbons (Fsp3) is 1.00. The Morgan fingerprint density at radius 1 is 1.67 bits per heavy atom. The minimum absolute atomic E-state index is 0.418. The van der Waals surface area contributed by atoms with Crippen LogP contribution in [0.1, 0.15) is 0 Å². The minimum atomic E-state index is -4.33. The van der Waals surface area contributed by atoms with Crippen molar-refractivity contribution in [1.29, 1.82) is 0 Å². The average Bonchev–Trinajstić information content (AvgIpc) is 1.64. The molecule has 56 valence electrons. The fourth-order valence-electron chi connectivity index (χ4n) is 0.229. The maximum Gasteiger partial charge on any atom is 0.294 e. The predicted octanol–water partition coefficient (Wildman–Crippen LogP) is -1.16. The summed E-state index contributed by atoms with van der Waals surface area (Å²) >= 11 is 0. The first kappa shape index (κ1) is 8.83. The van der Waals surface area contributed by atoms with Gasteiger partial charge in [0.05, 0.1) is 6.61 Å². The molecule has 0 aromatic rings. The third kappa shape index (κ3) is 3.41. The lowest BCUT2D eigenvalue weighted by molar-refractivity contribution is 0.105. The lowest BCUT2D eigenvalue weighted by atomic mass is 10.8. The van der Waals surface area contributed by atoms with E-state index < -0.39 is 22.2 Å². The van der Waals surface area contributed by atoms with Crippen molar-refractivity contribution in [2.75, 3.05) is 13.7 Å². The first-order valence-electron chi connectivity index (χ1n) is 2.11. The molecular formula is C3H8O5S. The van der Waals surface area contributed by atoms with Crippen molar-refractivity contribution in [2.45, 2.75) is 5.44 Å². The Morgan fingerprint density at radius 2 is 2.11 bits per heavy atom. The Bertz CT molecular complexity index is 159. The van der Waals surface area contributed by atoms with Crippen molar-refractivity contribution in [2.24, 2.45) is 0 Å². The molecule has 0 aromatic heterocycles. The molecule has 0 saturated heterocycles. The number of methoxy groups -OCH3 is 1. The average molecular weight is 156 g/mol. The van der Waals surface area contributed by atoms with Crippen LogP contribution in [-0.2, 0) is 14.9 Å². The van der Waals surface area contributed by atoms with Gasteiger partial charge in [-0.05, 0) is 0 Å². The Balaban J connectivity index is 3.90. The number of aliphatic hydroxyl groups excluding tert-OH is 1. The van der Waals surface area contributed by atoms with E-state index in [4.69, 9.17) is 9.66 Å². The van der Waals surface area contributed by atoms with Crippen molar-refractivity contribution in [3.05, 3.63) is 0 Å². The van der Waals surface area contributed by atoms with Crippen LogP contribution in [0.25, 0.3) is 0 Å². The van der Waals surface area contributed by atoms with E-state index in [0.717, 1.165) is 0 Å². The molecule has 5 nitrogen and oxygen atoms in total. The van der Waals surface area contributed by atoms with Crippen LogP contribution in [-0.4, -0.2) is 37.2 Å². The van der Waals surface area contributed by atoms with Crippen molar-refractivity contribution in [3.8, 4) is 0 Å². The first-order chi connectivity index (χ1) is 3.98. The van der Waals surface area contributed by atoms with Crippen LogP contribution in [0.5, 0.6) is 0 Å². The van der Waals surface area contributed by atoms with Crippen LogP contribution in [0.2, 0.25) is 0 Å². The molecule has 0 aliphatic rings. The van der Waals surface area contributed by atoms with E-state index in [2.05, 4.69) is 4.74 Å². The van der Waals surface area contributed by atoms with Crippen LogP contribution in [0.3, 0.4) is 0 Å². The van der Waals surface area contributed by atoms with Crippen LogP contribution in [0.15, 0.2) is 0 Å². The molecule has 6 heteroatoms. The van der Waals surface area contributed by atoms with E-state index in [1.807, 2.05) is 0 Å². The SMILES string of the molecule is COCC(O)S(=O)(=O)O. The molecule has 0 radical (unpaired) electrons. The maximum absolute atomic E-state index is 9.95. The molecule has 2 N–H and O–H groups in total. The Labute approximate surface area is 53.0 Å². The standard InChI is InChI=1S/C3H8O5S/c1-8-2-3(4)9(5,6)7/h3-4H,2H2,1H3,(H,5,6,7). The molecule has 0 aliphatic heterocycles. The zero-order chi connectivity index (χ0) is 7.49. The van der Waals surface area contributed by atoms with Gasteiger partial charge in [-0.1, -0.05) is 0 Å². The van der Waals surface area contributed by atoms with Gasteiger partial charge in [-0.25, -0.2) is 0 Å². The van der Waals surface area contributed by atoms with Gasteiger partial charge in [0, 0.05) is 7.11 Å². The van der Waals surface area contributed by atoms with E-state index in [1.165, 1.54) is 7.11 Å². The summed E-state index contributed by atoms with van der Waals surface area (Å²) in [4.78, 5) is 0. The highest BCUT2D eigenvalue weighted by atomic mass is 32.2. The second kappa shape index (κ2) is 3.11. The monoisotopic (exact) mass is 156 g/mol. The molecule has 0 aliphatic carbocycles. The lowest BCUT2D eigenvalue weighted by Gasteiger charge is -2.03. The van der Waals surface area contributed by atoms with Gasteiger partial charge in [0.15, 0.2) is 0 Å². The third-order valence-electron chi connectivity index (χ3n) is 0.653. The van der Waals surface area contributed by atoms with Gasteiger partial charge < -0.3 is 9.84 Å². The summed E-state index contributed by atoms with van der Waals surface area (Å²) < 4.78 is 32.2. The van der Waals surface area contributed by atoms with Crippen LogP contribution >= 0.6 is 0 Å². The summed E-state index contributed by atoms with van der Waals surface area (Å²) in [5.41, 5.74) is -1.83. The summed E-state index contributed by atoms with van der Waals surface area (Å²) in [6.07, 6.45) is 0. The van der Waals surface area contributed by atoms with E-state index in [1.54, 1.807) is 0 Å². The third-order valence-corrected chi connectivity index (χ3v) is 1.48. The molecular weight excluding hydrogens is 148 g/mol. The zero-order valence-electron chi connectivity index (χ0n) is 4.81. The molecule has 0 aromatic carbocycles. The highest BCUT2D eigenvalue weighted by Crippen LogP contribution is 1.92. The van der Waals surface area contributed by atoms with Gasteiger partial charge in [0.25, 0.3) is 10.1 Å². The highest BCUT2D eigenvalue weighted by molar-refractivity contribution is 7.86. The summed E-state index contributed by atoms with van der Waals surface area (Å²) in [6.45, 7) is -0.418. The molecule has 0 fully saturated rings. The Hall–Kier alpha value is -0.170. The predicted molar refractivity (Wildman–Crippen MR) is 29.4 cm³/mol. The minimum Gasteiger partial charge on any atom is -0.381 e. The van der Waals surface area contributed by atoms with E-state index >= 15 is 0 Å². The molecule has 9 heavy (non-hydrogen) atoms. The number of hydrogen-bond acceptors (Lipinski definition) is 4. The molecule has 0 saturated carbocycles. The van der Waals surface area contributed by atoms with Crippen LogP contribution < -0.4 is 0 Å². The zero-order valence-corrected chi connectivity index (χ0v) is 5.63. The number of aliphatic hydroxyl groups is 1. The second-order valence-corrected chi connectivity index (χ2v) is 3.00. The Kier molecular flexibility index (Phi) is 3.06. The van der Waals surface area contributed by atoms with Gasteiger partial charge in [-0.15, -0.1) is 0 Å². The number of rotatable bonds is 3. The molecule has 0 bridgehead atoms. The molecule has 0 heterocycles. The first-order valence-corrected chi connectivity index (χ1v) is 3.62. The van der Waals surface area contributed by atoms with E-state index in [-0.39, 0.29) is 0 Å². The maximum atomic E-state index is 9.95. The van der Waals surface area contributed by atoms with Crippen molar-refractivity contribution in [1.82, 2.24) is 0 Å². The summed E-state index contributed by atoms with van der Waals surface area (Å²) in [7, 11) is -3.12. The van der Waals surface area contributed by atoms with E-state index in [0.29, 0.717) is 0 Å². The van der Waals surface area contributed by atoms with Crippen LogP contribution in [0.4, 0.5) is 0 Å². The molecule has 1 atom stereocenters. The molecule has 0 rings (SSSR count). The molecule has 1 unspecified atom stereocenters. The van der Waals surface area contributed by atoms with Gasteiger partial charge in [-0.3, -0.25) is 4.55 Å². The van der Waals surface area contributed by atoms with Crippen molar-refractivity contribution >= 4 is 10.1 Å². The van der Waals surface area contributed by atoms with Crippen molar-refractivity contribution in [3.63, 3.8) is 0 Å². The van der Waals surface area contributed by atoms with Gasteiger partial charge in [0.1, 0.15) is 0 Å². The summed E-state index contributed by atoms with van der Waals surface area (Å²) in [5, 5.41) is 8.42. The highest BCUT2D eigenvalue weighted by Gasteiger charge is 2.18. The smallest absolute Gasteiger partial charge is 0.294 e. The van der Waals surface area contributed by atoms with Gasteiger partial charge in [0.2, 0.25) is 5.44 Å². The van der Waals surface area contributed by atoms with Crippen molar-refractivity contribution < 1.29 is 22.8 Å². The lowest BCUT2D eigenvalue weighted by Crippen LogP contribution is -2.24. The number of hydrogen-bond donors (Lipinski definition) is 2. The number of ether oxygens (including phenoxy) is 1. The quantitative estimate of drug-likeness (QED) is 0.503. The fourth-order valence-corrected chi connectivity index (χ4v) is 0.537. The van der Waals surface area contributed by atoms with Gasteiger partial charge in [-0.2, -0.15) is 8.42 Å². The summed E-state index contributed by atoms with van der Waals surface area (Å²) in [6, 6.07) is 0. The second-order valence-electron chi connectivity index (χ2n) is 1.42. The van der Waals surface area contributed by atoms with E-state index in [9.17, 15) is 8.42 Å². The van der Waals surface area contributed by atoms with Gasteiger partial charge >= 0.3 is 0 Å². The Morgan fingerprint density at radius 3 is 2.22 bits per heavy atom. The van der Waals surface area contributed by atoms with Crippen LogP contribution in [0, 0.1) is 0 Å². The largest absolute Gasteiger partial charge is 0.381 e. The summed E-state index contributed by atoms with van der Waals surface area (Å²) in [5.74, 6) is 0. The normalized spacial score (nSPS) is 15.4. The molecule has 0 spiro atoms.